The van der Waals surface area contributed by atoms with E-state index in [0.29, 0.717) is 19.1 Å². The zero-order valence-electron chi connectivity index (χ0n) is 16.2. The second-order valence-electron chi connectivity index (χ2n) is 7.11. The number of piperidine rings is 1. The predicted molar refractivity (Wildman–Crippen MR) is 102 cm³/mol. The fourth-order valence-corrected chi connectivity index (χ4v) is 5.46. The van der Waals surface area contributed by atoms with Gasteiger partial charge in [0.2, 0.25) is 10.0 Å². The van der Waals surface area contributed by atoms with Gasteiger partial charge in [-0.15, -0.1) is 0 Å². The van der Waals surface area contributed by atoms with Gasteiger partial charge >= 0.3 is 11.9 Å². The van der Waals surface area contributed by atoms with Crippen LogP contribution in [0, 0.1) is 0 Å². The molecule has 0 aromatic heterocycles. The molecule has 2 heterocycles. The summed E-state index contributed by atoms with van der Waals surface area (Å²) in [6.45, 7) is 3.00. The smallest absolute Gasteiger partial charge is 0.337 e. The predicted octanol–water partition coefficient (Wildman–Crippen LogP) is 1.51. The molecule has 0 N–H and O–H groups in total. The number of hydrogen-bond acceptors (Lipinski definition) is 7. The maximum atomic E-state index is 13.1. The molecule has 154 valence electrons. The minimum absolute atomic E-state index is 0.00377. The minimum atomic E-state index is -3.84. The molecule has 1 aromatic rings. The normalized spacial score (nSPS) is 19.5. The second-order valence-corrected chi connectivity index (χ2v) is 9.05. The number of ether oxygens (including phenoxy) is 2. The van der Waals surface area contributed by atoms with E-state index in [9.17, 15) is 18.0 Å². The molecule has 3 rings (SSSR count). The second kappa shape index (κ2) is 8.59. The average Bonchev–Trinajstić information content (AvgIpc) is 3.27. The van der Waals surface area contributed by atoms with Crippen molar-refractivity contribution >= 4 is 22.0 Å². The molecule has 0 amide bonds. The van der Waals surface area contributed by atoms with Crippen LogP contribution in [-0.2, 0) is 19.5 Å². The number of likely N-dealkylation sites (tertiary alicyclic amines) is 1. The van der Waals surface area contributed by atoms with E-state index in [1.165, 1.54) is 49.6 Å². The highest BCUT2D eigenvalue weighted by Gasteiger charge is 2.33. The van der Waals surface area contributed by atoms with Crippen LogP contribution < -0.4 is 0 Å². The highest BCUT2D eigenvalue weighted by molar-refractivity contribution is 7.89. The van der Waals surface area contributed by atoms with Crippen LogP contribution in [0.25, 0.3) is 0 Å². The Morgan fingerprint density at radius 1 is 0.893 bits per heavy atom. The van der Waals surface area contributed by atoms with Crippen molar-refractivity contribution in [1.82, 2.24) is 9.21 Å². The summed E-state index contributed by atoms with van der Waals surface area (Å²) in [6.07, 6.45) is 3.96. The van der Waals surface area contributed by atoms with E-state index in [4.69, 9.17) is 0 Å². The summed E-state index contributed by atoms with van der Waals surface area (Å²) in [5.74, 6) is -1.43. The average molecular weight is 410 g/mol. The standard InChI is InChI=1S/C19H26N2O6S/c1-26-18(22)14-11-15(19(23)27-2)13-17(12-14)28(24,25)21-9-5-16(6-10-21)20-7-3-4-8-20/h11-13,16H,3-10H2,1-2H3. The lowest BCUT2D eigenvalue weighted by Crippen LogP contribution is -2.45. The first-order valence-electron chi connectivity index (χ1n) is 9.42. The van der Waals surface area contributed by atoms with Crippen LogP contribution in [0.15, 0.2) is 23.1 Å². The Morgan fingerprint density at radius 3 is 1.86 bits per heavy atom. The molecule has 0 radical (unpaired) electrons. The Hall–Kier alpha value is -1.97. The summed E-state index contributed by atoms with van der Waals surface area (Å²) >= 11 is 0. The van der Waals surface area contributed by atoms with Crippen LogP contribution in [0.2, 0.25) is 0 Å². The maximum absolute atomic E-state index is 13.1. The highest BCUT2D eigenvalue weighted by atomic mass is 32.2. The van der Waals surface area contributed by atoms with Gasteiger partial charge in [-0.05, 0) is 57.0 Å². The summed E-state index contributed by atoms with van der Waals surface area (Å²) in [4.78, 5) is 26.2. The SMILES string of the molecule is COC(=O)c1cc(C(=O)OC)cc(S(=O)(=O)N2CCC(N3CCCC3)CC2)c1. The van der Waals surface area contributed by atoms with Gasteiger partial charge in [-0.3, -0.25) is 0 Å². The quantitative estimate of drug-likeness (QED) is 0.679. The van der Waals surface area contributed by atoms with E-state index in [2.05, 4.69) is 14.4 Å². The number of sulfonamides is 1. The molecule has 2 saturated heterocycles. The highest BCUT2D eigenvalue weighted by Crippen LogP contribution is 2.26. The van der Waals surface area contributed by atoms with Gasteiger partial charge in [0.15, 0.2) is 0 Å². The Kier molecular flexibility index (Phi) is 6.36. The molecular formula is C19H26N2O6S. The number of rotatable bonds is 5. The largest absolute Gasteiger partial charge is 0.465 e. The number of carbonyl (C=O) groups excluding carboxylic acids is 2. The molecule has 1 aromatic carbocycles. The van der Waals surface area contributed by atoms with Crippen LogP contribution in [0.3, 0.4) is 0 Å². The summed E-state index contributed by atoms with van der Waals surface area (Å²) in [5.41, 5.74) is -0.00754. The number of hydrogen-bond donors (Lipinski definition) is 0. The third kappa shape index (κ3) is 4.21. The van der Waals surface area contributed by atoms with Crippen molar-refractivity contribution in [2.45, 2.75) is 36.6 Å². The first-order chi connectivity index (χ1) is 13.4. The molecule has 28 heavy (non-hydrogen) atoms. The van der Waals surface area contributed by atoms with Crippen LogP contribution in [0.4, 0.5) is 0 Å². The van der Waals surface area contributed by atoms with E-state index in [1.807, 2.05) is 0 Å². The lowest BCUT2D eigenvalue weighted by atomic mass is 10.1. The van der Waals surface area contributed by atoms with Crippen molar-refractivity contribution in [2.24, 2.45) is 0 Å². The molecule has 0 bridgehead atoms. The van der Waals surface area contributed by atoms with Gasteiger partial charge in [0.05, 0.1) is 30.2 Å². The molecule has 0 aliphatic carbocycles. The van der Waals surface area contributed by atoms with Gasteiger partial charge in [0.25, 0.3) is 0 Å². The fourth-order valence-electron chi connectivity index (χ4n) is 3.92. The minimum Gasteiger partial charge on any atom is -0.465 e. The maximum Gasteiger partial charge on any atom is 0.337 e. The Balaban J connectivity index is 1.84. The molecule has 2 aliphatic heterocycles. The zero-order valence-corrected chi connectivity index (χ0v) is 17.0. The van der Waals surface area contributed by atoms with Crippen LogP contribution in [0.5, 0.6) is 0 Å². The summed E-state index contributed by atoms with van der Waals surface area (Å²) in [5, 5.41) is 0. The third-order valence-electron chi connectivity index (χ3n) is 5.47. The molecule has 0 unspecified atom stereocenters. The third-order valence-corrected chi connectivity index (χ3v) is 7.34. The van der Waals surface area contributed by atoms with E-state index in [-0.39, 0.29) is 16.0 Å². The monoisotopic (exact) mass is 410 g/mol. The van der Waals surface area contributed by atoms with Crippen LogP contribution in [0.1, 0.15) is 46.4 Å². The van der Waals surface area contributed by atoms with E-state index in [0.717, 1.165) is 25.9 Å². The van der Waals surface area contributed by atoms with E-state index < -0.39 is 22.0 Å². The lowest BCUT2D eigenvalue weighted by Gasteiger charge is -2.36. The molecule has 0 atom stereocenters. The first-order valence-corrected chi connectivity index (χ1v) is 10.9. The van der Waals surface area contributed by atoms with Gasteiger partial charge < -0.3 is 14.4 Å². The lowest BCUT2D eigenvalue weighted by molar-refractivity contribution is 0.0598. The Bertz CT molecular complexity index is 806. The van der Waals surface area contributed by atoms with Crippen molar-refractivity contribution in [1.29, 1.82) is 0 Å². The van der Waals surface area contributed by atoms with Crippen molar-refractivity contribution in [2.75, 3.05) is 40.4 Å². The van der Waals surface area contributed by atoms with Gasteiger partial charge in [-0.1, -0.05) is 0 Å². The Morgan fingerprint density at radius 2 is 1.39 bits per heavy atom. The molecule has 0 spiro atoms. The van der Waals surface area contributed by atoms with Crippen molar-refractivity contribution in [3.05, 3.63) is 29.3 Å². The number of benzene rings is 1. The van der Waals surface area contributed by atoms with Gasteiger partial charge in [-0.25, -0.2) is 18.0 Å². The van der Waals surface area contributed by atoms with Gasteiger partial charge in [-0.2, -0.15) is 4.31 Å². The van der Waals surface area contributed by atoms with Crippen molar-refractivity contribution in [3.63, 3.8) is 0 Å². The molecule has 9 heteroatoms. The van der Waals surface area contributed by atoms with E-state index >= 15 is 0 Å². The summed E-state index contributed by atoms with van der Waals surface area (Å²) < 4.78 is 37.1. The van der Waals surface area contributed by atoms with Gasteiger partial charge in [0, 0.05) is 19.1 Å². The topological polar surface area (TPSA) is 93.2 Å². The van der Waals surface area contributed by atoms with Crippen molar-refractivity contribution < 1.29 is 27.5 Å². The number of esters is 2. The molecule has 2 fully saturated rings. The molecule has 0 saturated carbocycles. The first kappa shape index (κ1) is 20.8. The molecular weight excluding hydrogens is 384 g/mol. The fraction of sp³-hybridized carbons (Fsp3) is 0.579. The molecule has 2 aliphatic rings. The van der Waals surface area contributed by atoms with Gasteiger partial charge in [0.1, 0.15) is 0 Å². The van der Waals surface area contributed by atoms with Crippen LogP contribution in [-0.4, -0.2) is 76.0 Å². The molecule has 8 nitrogen and oxygen atoms in total. The Labute approximate surface area is 165 Å². The van der Waals surface area contributed by atoms with E-state index in [1.54, 1.807) is 0 Å². The number of nitrogens with zero attached hydrogens (tertiary/aromatic N) is 2. The van der Waals surface area contributed by atoms with Crippen molar-refractivity contribution in [3.8, 4) is 0 Å². The number of methoxy groups -OCH3 is 2. The summed E-state index contributed by atoms with van der Waals surface area (Å²) in [6, 6.07) is 4.19. The zero-order chi connectivity index (χ0) is 20.3. The van der Waals surface area contributed by atoms with Crippen LogP contribution >= 0.6 is 0 Å². The number of carbonyl (C=O) groups is 2. The summed E-state index contributed by atoms with van der Waals surface area (Å²) in [7, 11) is -1.44.